The van der Waals surface area contributed by atoms with E-state index in [0.29, 0.717) is 12.0 Å². The Bertz CT molecular complexity index is 721. The van der Waals surface area contributed by atoms with Crippen LogP contribution in [0, 0.1) is 5.82 Å². The van der Waals surface area contributed by atoms with E-state index in [2.05, 4.69) is 4.98 Å². The van der Waals surface area contributed by atoms with Crippen molar-refractivity contribution in [2.24, 2.45) is 0 Å². The van der Waals surface area contributed by atoms with Crippen LogP contribution in [-0.2, 0) is 6.54 Å². The average Bonchev–Trinajstić information content (AvgIpc) is 2.34. The van der Waals surface area contributed by atoms with Crippen molar-refractivity contribution < 1.29 is 4.39 Å². The van der Waals surface area contributed by atoms with E-state index in [4.69, 9.17) is 11.6 Å². The van der Waals surface area contributed by atoms with Crippen molar-refractivity contribution in [3.63, 3.8) is 0 Å². The molecule has 2 aromatic rings. The monoisotopic (exact) mass is 282 g/mol. The fraction of sp³-hybridized carbons (Fsp3) is 0.231. The van der Waals surface area contributed by atoms with Crippen molar-refractivity contribution in [1.29, 1.82) is 0 Å². The van der Waals surface area contributed by atoms with Crippen LogP contribution in [0.5, 0.6) is 0 Å². The van der Waals surface area contributed by atoms with Crippen LogP contribution in [0.25, 0.3) is 11.1 Å². The van der Waals surface area contributed by atoms with Crippen molar-refractivity contribution in [3.05, 3.63) is 56.1 Å². The van der Waals surface area contributed by atoms with Crippen LogP contribution >= 0.6 is 11.6 Å². The first-order valence-corrected chi connectivity index (χ1v) is 6.21. The lowest BCUT2D eigenvalue weighted by molar-refractivity contribution is 0.616. The van der Waals surface area contributed by atoms with Gasteiger partial charge in [0.25, 0.3) is 5.56 Å². The summed E-state index contributed by atoms with van der Waals surface area (Å²) < 4.78 is 14.3. The Morgan fingerprint density at radius 2 is 2.11 bits per heavy atom. The summed E-state index contributed by atoms with van der Waals surface area (Å²) in [5.74, 6) is -0.471. The minimum Gasteiger partial charge on any atom is -0.297 e. The van der Waals surface area contributed by atoms with Gasteiger partial charge in [-0.1, -0.05) is 30.7 Å². The van der Waals surface area contributed by atoms with Crippen molar-refractivity contribution in [2.75, 3.05) is 0 Å². The van der Waals surface area contributed by atoms with Gasteiger partial charge >= 0.3 is 5.69 Å². The number of nitrogens with one attached hydrogen (secondary N) is 1. The van der Waals surface area contributed by atoms with Gasteiger partial charge in [-0.15, -0.1) is 0 Å². The Hall–Kier alpha value is -1.88. The molecule has 1 heterocycles. The first-order valence-electron chi connectivity index (χ1n) is 5.83. The predicted molar refractivity (Wildman–Crippen MR) is 72.0 cm³/mol. The molecule has 4 nitrogen and oxygen atoms in total. The van der Waals surface area contributed by atoms with Crippen molar-refractivity contribution >= 4 is 11.6 Å². The van der Waals surface area contributed by atoms with Crippen LogP contribution in [0.4, 0.5) is 4.39 Å². The maximum atomic E-state index is 13.2. The summed E-state index contributed by atoms with van der Waals surface area (Å²) in [5.41, 5.74) is -0.622. The molecule has 0 saturated carbocycles. The highest BCUT2D eigenvalue weighted by atomic mass is 35.5. The van der Waals surface area contributed by atoms with Crippen LogP contribution in [-0.4, -0.2) is 9.55 Å². The molecule has 0 amide bonds. The summed E-state index contributed by atoms with van der Waals surface area (Å²) in [6.07, 6.45) is 0.632. The molecule has 0 aliphatic carbocycles. The third-order valence-corrected chi connectivity index (χ3v) is 2.98. The maximum absolute atomic E-state index is 13.2. The third-order valence-electron chi connectivity index (χ3n) is 2.70. The zero-order chi connectivity index (χ0) is 14.0. The van der Waals surface area contributed by atoms with E-state index in [9.17, 15) is 14.0 Å². The van der Waals surface area contributed by atoms with E-state index in [1.807, 2.05) is 6.92 Å². The second-order valence-electron chi connectivity index (χ2n) is 4.09. The van der Waals surface area contributed by atoms with E-state index in [0.717, 1.165) is 4.57 Å². The standard InChI is InChI=1S/C13H12ClFN2O2/c1-2-6-17-12(18)10(11(14)16-13(17)19)8-4-3-5-9(15)7-8/h3-5,7H,2,6H2,1H3,(H,16,19). The SMILES string of the molecule is CCCn1c(=O)[nH]c(Cl)c(-c2cccc(F)c2)c1=O. The molecule has 0 radical (unpaired) electrons. The van der Waals surface area contributed by atoms with E-state index >= 15 is 0 Å². The van der Waals surface area contributed by atoms with Gasteiger partial charge < -0.3 is 0 Å². The summed E-state index contributed by atoms with van der Waals surface area (Å²) in [4.78, 5) is 26.3. The smallest absolute Gasteiger partial charge is 0.297 e. The number of aromatic amines is 1. The van der Waals surface area contributed by atoms with E-state index in [-0.39, 0.29) is 17.3 Å². The first kappa shape index (κ1) is 13.5. The van der Waals surface area contributed by atoms with E-state index in [1.165, 1.54) is 18.2 Å². The third kappa shape index (κ3) is 2.61. The fourth-order valence-corrected chi connectivity index (χ4v) is 2.14. The molecular formula is C13H12ClFN2O2. The zero-order valence-corrected chi connectivity index (χ0v) is 11.0. The normalized spacial score (nSPS) is 10.7. The Morgan fingerprint density at radius 1 is 1.37 bits per heavy atom. The van der Waals surface area contributed by atoms with Gasteiger partial charge in [0.05, 0.1) is 5.56 Å². The predicted octanol–water partition coefficient (Wildman–Crippen LogP) is 2.41. The number of nitrogens with zero attached hydrogens (tertiary/aromatic N) is 1. The number of aromatic nitrogens is 2. The van der Waals surface area contributed by atoms with Gasteiger partial charge in [-0.05, 0) is 24.1 Å². The largest absolute Gasteiger partial charge is 0.329 e. The van der Waals surface area contributed by atoms with Crippen LogP contribution in [0.1, 0.15) is 13.3 Å². The lowest BCUT2D eigenvalue weighted by Crippen LogP contribution is -2.36. The van der Waals surface area contributed by atoms with Crippen LogP contribution in [0.15, 0.2) is 33.9 Å². The van der Waals surface area contributed by atoms with Gasteiger partial charge in [-0.3, -0.25) is 14.3 Å². The van der Waals surface area contributed by atoms with E-state index < -0.39 is 17.1 Å². The molecule has 100 valence electrons. The summed E-state index contributed by atoms with van der Waals surface area (Å²) in [7, 11) is 0. The van der Waals surface area contributed by atoms with E-state index in [1.54, 1.807) is 6.07 Å². The van der Waals surface area contributed by atoms with Gasteiger partial charge in [0.1, 0.15) is 11.0 Å². The van der Waals surface area contributed by atoms with Gasteiger partial charge in [-0.2, -0.15) is 0 Å². The van der Waals surface area contributed by atoms with Gasteiger partial charge in [0.2, 0.25) is 0 Å². The molecular weight excluding hydrogens is 271 g/mol. The quantitative estimate of drug-likeness (QED) is 0.879. The Balaban J connectivity index is 2.74. The van der Waals surface area contributed by atoms with Gasteiger partial charge in [0, 0.05) is 6.54 Å². The second-order valence-corrected chi connectivity index (χ2v) is 4.46. The average molecular weight is 283 g/mol. The summed E-state index contributed by atoms with van der Waals surface area (Å²) in [6.45, 7) is 2.13. The minimum absolute atomic E-state index is 0.0760. The highest BCUT2D eigenvalue weighted by Gasteiger charge is 2.14. The molecule has 6 heteroatoms. The van der Waals surface area contributed by atoms with Gasteiger partial charge in [0.15, 0.2) is 0 Å². The van der Waals surface area contributed by atoms with Crippen molar-refractivity contribution in [2.45, 2.75) is 19.9 Å². The molecule has 0 aliphatic heterocycles. The minimum atomic E-state index is -0.558. The molecule has 1 N–H and O–H groups in total. The number of H-pyrrole nitrogens is 1. The van der Waals surface area contributed by atoms with Crippen LogP contribution in [0.2, 0.25) is 5.15 Å². The zero-order valence-electron chi connectivity index (χ0n) is 10.2. The fourth-order valence-electron chi connectivity index (χ4n) is 1.87. The number of benzene rings is 1. The molecule has 1 aromatic carbocycles. The summed E-state index contributed by atoms with van der Waals surface area (Å²) >= 11 is 5.90. The molecule has 2 rings (SSSR count). The molecule has 0 spiro atoms. The Labute approximate surface area is 113 Å². The summed E-state index contributed by atoms with van der Waals surface area (Å²) in [5, 5.41) is -0.0760. The molecule has 0 unspecified atom stereocenters. The van der Waals surface area contributed by atoms with Gasteiger partial charge in [-0.25, -0.2) is 9.18 Å². The lowest BCUT2D eigenvalue weighted by Gasteiger charge is -2.08. The maximum Gasteiger partial charge on any atom is 0.329 e. The van der Waals surface area contributed by atoms with Crippen molar-refractivity contribution in [3.8, 4) is 11.1 Å². The second kappa shape index (κ2) is 5.40. The number of hydrogen-bond donors (Lipinski definition) is 1. The van der Waals surface area contributed by atoms with Crippen molar-refractivity contribution in [1.82, 2.24) is 9.55 Å². The molecule has 0 bridgehead atoms. The molecule has 0 aliphatic rings. The Kier molecular flexibility index (Phi) is 3.85. The number of rotatable bonds is 3. The number of hydrogen-bond acceptors (Lipinski definition) is 2. The highest BCUT2D eigenvalue weighted by molar-refractivity contribution is 6.32. The summed E-state index contributed by atoms with van der Waals surface area (Å²) in [6, 6.07) is 5.53. The number of halogens is 2. The Morgan fingerprint density at radius 3 is 2.74 bits per heavy atom. The van der Waals surface area contributed by atoms with Crippen LogP contribution < -0.4 is 11.2 Å². The molecule has 0 atom stereocenters. The molecule has 0 fully saturated rings. The highest BCUT2D eigenvalue weighted by Crippen LogP contribution is 2.22. The molecule has 1 aromatic heterocycles. The van der Waals surface area contributed by atoms with Crippen LogP contribution in [0.3, 0.4) is 0 Å². The topological polar surface area (TPSA) is 54.9 Å². The first-order chi connectivity index (χ1) is 9.04. The lowest BCUT2D eigenvalue weighted by atomic mass is 10.1. The molecule has 19 heavy (non-hydrogen) atoms. The molecule has 0 saturated heterocycles.